The van der Waals surface area contributed by atoms with Gasteiger partial charge in [-0.15, -0.1) is 0 Å². The van der Waals surface area contributed by atoms with Crippen molar-refractivity contribution in [1.82, 2.24) is 5.43 Å². The summed E-state index contributed by atoms with van der Waals surface area (Å²) in [7, 11) is -1.22. The molecule has 0 atom stereocenters. The van der Waals surface area contributed by atoms with Crippen LogP contribution in [0.4, 0.5) is 5.69 Å². The number of methoxy groups -OCH3 is 2. The molecule has 0 heterocycles. The fraction of sp³-hybridized carbons (Fsp3) is 0.161. The fourth-order valence-electron chi connectivity index (χ4n) is 4.05. The number of nitrogens with one attached hydrogen (secondary N) is 1. The maximum Gasteiger partial charge on any atom is 0.264 e. The van der Waals surface area contributed by atoms with E-state index < -0.39 is 22.5 Å². The number of amides is 1. The average Bonchev–Trinajstić information content (AvgIpc) is 3.00. The highest BCUT2D eigenvalue weighted by Gasteiger charge is 2.28. The number of nitrogens with zero attached hydrogens (tertiary/aromatic N) is 2. The SMILES string of the molecule is COc1ccc(N(CC(=O)N/N=C\c2cc(Br)c(OCc3ccc(Cl)c(Cl)c3)c(OC)c2)S(=O)(=O)c2ccc(C)cc2)cc1Cl. The molecule has 0 saturated carbocycles. The summed E-state index contributed by atoms with van der Waals surface area (Å²) in [6, 6.07) is 19.3. The molecule has 0 fully saturated rings. The highest BCUT2D eigenvalue weighted by atomic mass is 79.9. The predicted octanol–water partition coefficient (Wildman–Crippen LogP) is 7.66. The van der Waals surface area contributed by atoms with Crippen molar-refractivity contribution in [2.24, 2.45) is 5.10 Å². The van der Waals surface area contributed by atoms with Crippen LogP contribution in [-0.4, -0.2) is 41.3 Å². The van der Waals surface area contributed by atoms with Gasteiger partial charge in [0.25, 0.3) is 15.9 Å². The summed E-state index contributed by atoms with van der Waals surface area (Å²) in [6.07, 6.45) is 1.39. The Hall–Kier alpha value is -3.48. The second kappa shape index (κ2) is 15.2. The summed E-state index contributed by atoms with van der Waals surface area (Å²) < 4.78 is 45.4. The first-order chi connectivity index (χ1) is 21.4. The van der Waals surface area contributed by atoms with Crippen LogP contribution in [0.3, 0.4) is 0 Å². The normalized spacial score (nSPS) is 11.4. The third-order valence-electron chi connectivity index (χ3n) is 6.34. The van der Waals surface area contributed by atoms with Crippen LogP contribution in [0.1, 0.15) is 16.7 Å². The lowest BCUT2D eigenvalue weighted by Gasteiger charge is -2.24. The first-order valence-corrected chi connectivity index (χ1v) is 16.5. The van der Waals surface area contributed by atoms with Crippen molar-refractivity contribution in [1.29, 1.82) is 0 Å². The molecule has 9 nitrogen and oxygen atoms in total. The molecule has 0 unspecified atom stereocenters. The Balaban J connectivity index is 1.51. The van der Waals surface area contributed by atoms with Crippen molar-refractivity contribution >= 4 is 78.6 Å². The molecule has 1 amide bonds. The number of hydrogen-bond acceptors (Lipinski definition) is 7. The molecule has 0 bridgehead atoms. The summed E-state index contributed by atoms with van der Waals surface area (Å²) in [5.41, 5.74) is 4.81. The topological polar surface area (TPSA) is 107 Å². The number of carbonyl (C=O) groups excluding carboxylic acids is 1. The summed E-state index contributed by atoms with van der Waals surface area (Å²) in [5, 5.41) is 5.07. The van der Waals surface area contributed by atoms with E-state index in [2.05, 4.69) is 26.5 Å². The van der Waals surface area contributed by atoms with Gasteiger partial charge >= 0.3 is 0 Å². The number of halogens is 4. The van der Waals surface area contributed by atoms with E-state index in [1.54, 1.807) is 42.5 Å². The summed E-state index contributed by atoms with van der Waals surface area (Å²) in [5.74, 6) is 0.514. The van der Waals surface area contributed by atoms with E-state index >= 15 is 0 Å². The minimum absolute atomic E-state index is 0.00903. The zero-order valence-electron chi connectivity index (χ0n) is 24.2. The Labute approximate surface area is 284 Å². The van der Waals surface area contributed by atoms with Crippen molar-refractivity contribution in [3.05, 3.63) is 109 Å². The van der Waals surface area contributed by atoms with Gasteiger partial charge in [0.15, 0.2) is 11.5 Å². The van der Waals surface area contributed by atoms with Crippen molar-refractivity contribution in [2.75, 3.05) is 25.1 Å². The van der Waals surface area contributed by atoms with Crippen LogP contribution in [-0.2, 0) is 21.4 Å². The largest absolute Gasteiger partial charge is 0.495 e. The van der Waals surface area contributed by atoms with E-state index in [9.17, 15) is 13.2 Å². The van der Waals surface area contributed by atoms with Crippen LogP contribution in [0.5, 0.6) is 17.2 Å². The van der Waals surface area contributed by atoms with Gasteiger partial charge in [-0.25, -0.2) is 13.8 Å². The molecule has 0 saturated heterocycles. The Kier molecular flexibility index (Phi) is 11.6. The number of carbonyl (C=O) groups is 1. The van der Waals surface area contributed by atoms with Crippen LogP contribution in [0.2, 0.25) is 15.1 Å². The molecule has 0 aliphatic heterocycles. The lowest BCUT2D eigenvalue weighted by atomic mass is 10.2. The monoisotopic (exact) mass is 753 g/mol. The first kappa shape index (κ1) is 34.4. The number of aryl methyl sites for hydroxylation is 1. The second-order valence-electron chi connectivity index (χ2n) is 9.51. The van der Waals surface area contributed by atoms with E-state index in [0.717, 1.165) is 15.4 Å². The molecular weight excluding hydrogens is 729 g/mol. The van der Waals surface area contributed by atoms with Crippen LogP contribution in [0.15, 0.2) is 87.3 Å². The van der Waals surface area contributed by atoms with E-state index in [-0.39, 0.29) is 22.2 Å². The minimum atomic E-state index is -4.16. The number of hydrazone groups is 1. The van der Waals surface area contributed by atoms with Crippen LogP contribution < -0.4 is 23.9 Å². The van der Waals surface area contributed by atoms with Crippen molar-refractivity contribution in [3.63, 3.8) is 0 Å². The number of rotatable bonds is 12. The predicted molar refractivity (Wildman–Crippen MR) is 181 cm³/mol. The van der Waals surface area contributed by atoms with E-state index in [1.807, 2.05) is 6.92 Å². The van der Waals surface area contributed by atoms with Crippen molar-refractivity contribution in [3.8, 4) is 17.2 Å². The van der Waals surface area contributed by atoms with Crippen molar-refractivity contribution in [2.45, 2.75) is 18.4 Å². The maximum atomic E-state index is 13.6. The lowest BCUT2D eigenvalue weighted by Crippen LogP contribution is -2.39. The fourth-order valence-corrected chi connectivity index (χ4v) is 6.61. The molecule has 236 valence electrons. The van der Waals surface area contributed by atoms with Gasteiger partial charge < -0.3 is 14.2 Å². The molecule has 14 heteroatoms. The minimum Gasteiger partial charge on any atom is -0.495 e. The maximum absolute atomic E-state index is 13.6. The molecule has 0 aromatic heterocycles. The lowest BCUT2D eigenvalue weighted by molar-refractivity contribution is -0.119. The Morgan fingerprint density at radius 1 is 0.911 bits per heavy atom. The van der Waals surface area contributed by atoms with Gasteiger partial charge in [-0.2, -0.15) is 5.10 Å². The molecule has 0 radical (unpaired) electrons. The molecule has 0 aliphatic rings. The van der Waals surface area contributed by atoms with E-state index in [0.29, 0.717) is 37.3 Å². The number of hydrogen-bond donors (Lipinski definition) is 1. The van der Waals surface area contributed by atoms with Gasteiger partial charge in [-0.05, 0) is 88.6 Å². The molecule has 4 aromatic carbocycles. The Morgan fingerprint density at radius 3 is 2.27 bits per heavy atom. The standard InChI is InChI=1S/C31H27BrCl3N3O6S/c1-19-4-8-23(9-5-19)45(40,41)38(22-7-11-28(42-2)27(35)15-22)17-30(39)37-36-16-21-12-24(32)31(29(14-21)43-3)44-18-20-6-10-25(33)26(34)13-20/h4-16H,17-18H2,1-3H3,(H,37,39)/b36-16-. The molecule has 45 heavy (non-hydrogen) atoms. The van der Waals surface area contributed by atoms with E-state index in [4.69, 9.17) is 49.0 Å². The van der Waals surface area contributed by atoms with Gasteiger partial charge in [-0.3, -0.25) is 9.10 Å². The van der Waals surface area contributed by atoms with Gasteiger partial charge in [0.2, 0.25) is 0 Å². The zero-order chi connectivity index (χ0) is 32.7. The molecule has 4 aromatic rings. The first-order valence-electron chi connectivity index (χ1n) is 13.1. The molecular formula is C31H27BrCl3N3O6S. The van der Waals surface area contributed by atoms with Crippen LogP contribution in [0, 0.1) is 6.92 Å². The third-order valence-corrected chi connectivity index (χ3v) is 9.75. The quantitative estimate of drug-likeness (QED) is 0.118. The van der Waals surface area contributed by atoms with Crippen molar-refractivity contribution < 1.29 is 27.4 Å². The molecule has 1 N–H and O–H groups in total. The summed E-state index contributed by atoms with van der Waals surface area (Å²) >= 11 is 21.9. The third kappa shape index (κ3) is 8.62. The zero-order valence-corrected chi connectivity index (χ0v) is 28.9. The van der Waals surface area contributed by atoms with Crippen LogP contribution >= 0.6 is 50.7 Å². The van der Waals surface area contributed by atoms with Gasteiger partial charge in [0.05, 0.1) is 50.6 Å². The summed E-state index contributed by atoms with van der Waals surface area (Å²) in [6.45, 7) is 1.47. The highest BCUT2D eigenvalue weighted by Crippen LogP contribution is 2.37. The Bertz CT molecular complexity index is 1840. The second-order valence-corrected chi connectivity index (χ2v) is 13.4. The number of anilines is 1. The van der Waals surface area contributed by atoms with Gasteiger partial charge in [-0.1, -0.05) is 58.6 Å². The van der Waals surface area contributed by atoms with Crippen LogP contribution in [0.25, 0.3) is 0 Å². The number of sulfonamides is 1. The number of benzene rings is 4. The molecule has 0 aliphatic carbocycles. The van der Waals surface area contributed by atoms with E-state index in [1.165, 1.54) is 50.8 Å². The molecule has 4 rings (SSSR count). The van der Waals surface area contributed by atoms with Gasteiger partial charge in [0.1, 0.15) is 18.9 Å². The molecule has 0 spiro atoms. The number of ether oxygens (including phenoxy) is 3. The Morgan fingerprint density at radius 2 is 1.62 bits per heavy atom. The average molecular weight is 756 g/mol. The summed E-state index contributed by atoms with van der Waals surface area (Å²) in [4.78, 5) is 13.0. The smallest absolute Gasteiger partial charge is 0.264 e. The van der Waals surface area contributed by atoms with Gasteiger partial charge in [0, 0.05) is 0 Å². The highest BCUT2D eigenvalue weighted by molar-refractivity contribution is 9.10.